The fourth-order valence-electron chi connectivity index (χ4n) is 3.61. The number of para-hydroxylation sites is 2. The number of β-amino-alcohol motifs (C(OH)–C–C–N with tert-alkyl or cyclic N) is 1. The van der Waals surface area contributed by atoms with Crippen LogP contribution in [-0.2, 0) is 4.79 Å². The van der Waals surface area contributed by atoms with E-state index in [4.69, 9.17) is 21.1 Å². The van der Waals surface area contributed by atoms with Crippen LogP contribution in [0.4, 0.5) is 5.69 Å². The van der Waals surface area contributed by atoms with Gasteiger partial charge in [-0.15, -0.1) is 0 Å². The van der Waals surface area contributed by atoms with Gasteiger partial charge >= 0.3 is 0 Å². The summed E-state index contributed by atoms with van der Waals surface area (Å²) in [5.74, 6) is -0.702. The molecule has 8 heteroatoms. The lowest BCUT2D eigenvalue weighted by molar-refractivity contribution is -0.140. The van der Waals surface area contributed by atoms with Crippen LogP contribution in [0.15, 0.2) is 48.5 Å². The quantitative estimate of drug-likeness (QED) is 0.553. The van der Waals surface area contributed by atoms with Crippen molar-refractivity contribution in [2.24, 2.45) is 0 Å². The van der Waals surface area contributed by atoms with E-state index in [1.54, 1.807) is 55.5 Å². The zero-order chi connectivity index (χ0) is 21.7. The highest BCUT2D eigenvalue weighted by Crippen LogP contribution is 2.30. The normalized spacial score (nSPS) is 21.1. The van der Waals surface area contributed by atoms with Gasteiger partial charge < -0.3 is 25.0 Å². The Morgan fingerprint density at radius 1 is 1.27 bits per heavy atom. The van der Waals surface area contributed by atoms with Crippen LogP contribution in [0.1, 0.15) is 20.3 Å². The Balaban J connectivity index is 1.65. The third kappa shape index (κ3) is 6.09. The molecule has 3 atom stereocenters. The Bertz CT molecular complexity index is 859. The molecule has 1 heterocycles. The van der Waals surface area contributed by atoms with Gasteiger partial charge in [0.1, 0.15) is 17.6 Å². The van der Waals surface area contributed by atoms with E-state index >= 15 is 0 Å². The zero-order valence-corrected chi connectivity index (χ0v) is 17.8. The van der Waals surface area contributed by atoms with Crippen LogP contribution in [0.2, 0.25) is 5.02 Å². The fraction of sp³-hybridized carbons (Fsp3) is 0.409. The molecule has 30 heavy (non-hydrogen) atoms. The number of nitrogens with zero attached hydrogens (tertiary/aromatic N) is 1. The highest BCUT2D eigenvalue weighted by atomic mass is 35.5. The number of aliphatic hydroxyl groups is 2. The molecule has 0 aliphatic carbocycles. The van der Waals surface area contributed by atoms with Crippen LogP contribution in [0.3, 0.4) is 0 Å². The second kappa shape index (κ2) is 9.66. The van der Waals surface area contributed by atoms with Crippen molar-refractivity contribution in [2.75, 3.05) is 25.0 Å². The van der Waals surface area contributed by atoms with Crippen molar-refractivity contribution < 1.29 is 24.5 Å². The molecule has 1 aliphatic rings. The van der Waals surface area contributed by atoms with Crippen LogP contribution >= 0.6 is 11.6 Å². The van der Waals surface area contributed by atoms with Crippen LogP contribution in [0.25, 0.3) is 0 Å². The SMILES string of the molecule is CC(=O)Nc1ccccc1OC(C)(O)CN1C[C@@H](Oc2ccc(Cl)cc2)C[C@H]1CO. The van der Waals surface area contributed by atoms with E-state index in [1.165, 1.54) is 6.92 Å². The summed E-state index contributed by atoms with van der Waals surface area (Å²) in [7, 11) is 0. The lowest BCUT2D eigenvalue weighted by Gasteiger charge is -2.32. The lowest BCUT2D eigenvalue weighted by atomic mass is 10.2. The smallest absolute Gasteiger partial charge is 0.221 e. The molecule has 0 saturated carbocycles. The summed E-state index contributed by atoms with van der Waals surface area (Å²) in [6.07, 6.45) is 0.489. The summed E-state index contributed by atoms with van der Waals surface area (Å²) >= 11 is 5.91. The number of carbonyl (C=O) groups excluding carboxylic acids is 1. The number of benzene rings is 2. The van der Waals surface area contributed by atoms with Gasteiger partial charge in [0.15, 0.2) is 0 Å². The van der Waals surface area contributed by atoms with E-state index < -0.39 is 5.79 Å². The molecule has 2 aromatic carbocycles. The van der Waals surface area contributed by atoms with Gasteiger partial charge in [-0.25, -0.2) is 0 Å². The molecule has 1 saturated heterocycles. The first-order chi connectivity index (χ1) is 14.3. The van der Waals surface area contributed by atoms with Gasteiger partial charge in [0, 0.05) is 37.9 Å². The largest absolute Gasteiger partial charge is 0.489 e. The van der Waals surface area contributed by atoms with Gasteiger partial charge in [-0.05, 0) is 36.4 Å². The lowest BCUT2D eigenvalue weighted by Crippen LogP contribution is -2.48. The van der Waals surface area contributed by atoms with Gasteiger partial charge in [0.2, 0.25) is 11.7 Å². The molecule has 1 unspecified atom stereocenters. The van der Waals surface area contributed by atoms with E-state index in [9.17, 15) is 15.0 Å². The number of amides is 1. The third-order valence-corrected chi connectivity index (χ3v) is 5.09. The molecule has 0 aromatic heterocycles. The van der Waals surface area contributed by atoms with E-state index in [2.05, 4.69) is 5.32 Å². The summed E-state index contributed by atoms with van der Waals surface area (Å²) in [6.45, 7) is 3.60. The van der Waals surface area contributed by atoms with E-state index in [0.717, 1.165) is 0 Å². The first-order valence-corrected chi connectivity index (χ1v) is 10.2. The minimum absolute atomic E-state index is 0.0565. The molecule has 7 nitrogen and oxygen atoms in total. The fourth-order valence-corrected chi connectivity index (χ4v) is 3.73. The average molecular weight is 435 g/mol. The van der Waals surface area contributed by atoms with E-state index in [-0.39, 0.29) is 31.2 Å². The van der Waals surface area contributed by atoms with Crippen LogP contribution in [0.5, 0.6) is 11.5 Å². The van der Waals surface area contributed by atoms with E-state index in [1.807, 2.05) is 4.90 Å². The summed E-state index contributed by atoms with van der Waals surface area (Å²) in [6, 6.07) is 13.9. The highest BCUT2D eigenvalue weighted by molar-refractivity contribution is 6.30. The number of aliphatic hydroxyl groups excluding tert-OH is 1. The predicted molar refractivity (Wildman–Crippen MR) is 115 cm³/mol. The van der Waals surface area contributed by atoms with Crippen molar-refractivity contribution in [3.63, 3.8) is 0 Å². The Labute approximate surface area is 181 Å². The molecule has 1 fully saturated rings. The minimum atomic E-state index is -1.54. The molecular formula is C22H27ClN2O5. The number of ether oxygens (including phenoxy) is 2. The first-order valence-electron chi connectivity index (χ1n) is 9.81. The molecule has 0 radical (unpaired) electrons. The topological polar surface area (TPSA) is 91.3 Å². The third-order valence-electron chi connectivity index (χ3n) is 4.84. The standard InChI is InChI=1S/C22H27ClN2O5/c1-15(27)24-20-5-3-4-6-21(20)30-22(2,28)14-25-12-19(11-17(25)13-26)29-18-9-7-16(23)8-10-18/h3-10,17,19,26,28H,11-14H2,1-2H3,(H,24,27)/t17-,19-,22?/m0/s1. The number of halogens is 1. The van der Waals surface area contributed by atoms with Crippen molar-refractivity contribution in [1.29, 1.82) is 0 Å². The number of anilines is 1. The Kier molecular flexibility index (Phi) is 7.20. The van der Waals surface area contributed by atoms with Crippen molar-refractivity contribution >= 4 is 23.2 Å². The van der Waals surface area contributed by atoms with Gasteiger partial charge in [-0.1, -0.05) is 23.7 Å². The Morgan fingerprint density at radius 3 is 2.63 bits per heavy atom. The molecule has 1 aliphatic heterocycles. The minimum Gasteiger partial charge on any atom is -0.489 e. The Hall–Kier alpha value is -2.32. The number of carbonyl (C=O) groups is 1. The first kappa shape index (κ1) is 22.4. The van der Waals surface area contributed by atoms with Gasteiger partial charge in [0.05, 0.1) is 18.8 Å². The molecule has 0 spiro atoms. The summed E-state index contributed by atoms with van der Waals surface area (Å²) < 4.78 is 11.8. The van der Waals surface area contributed by atoms with Crippen LogP contribution in [-0.4, -0.2) is 58.6 Å². The molecular weight excluding hydrogens is 408 g/mol. The number of likely N-dealkylation sites (tertiary alicyclic amines) is 1. The van der Waals surface area contributed by atoms with Crippen LogP contribution in [0, 0.1) is 0 Å². The van der Waals surface area contributed by atoms with Gasteiger partial charge in [-0.2, -0.15) is 0 Å². The maximum absolute atomic E-state index is 11.4. The molecule has 2 aromatic rings. The molecule has 0 bridgehead atoms. The van der Waals surface area contributed by atoms with Crippen LogP contribution < -0.4 is 14.8 Å². The number of nitrogens with one attached hydrogen (secondary N) is 1. The molecule has 1 amide bonds. The van der Waals surface area contributed by atoms with Crippen molar-refractivity contribution in [3.05, 3.63) is 53.6 Å². The number of rotatable bonds is 8. The van der Waals surface area contributed by atoms with Gasteiger partial charge in [-0.3, -0.25) is 9.69 Å². The van der Waals surface area contributed by atoms with Crippen molar-refractivity contribution in [3.8, 4) is 11.5 Å². The monoisotopic (exact) mass is 434 g/mol. The van der Waals surface area contributed by atoms with Gasteiger partial charge in [0.25, 0.3) is 0 Å². The number of hydrogen-bond donors (Lipinski definition) is 3. The Morgan fingerprint density at radius 2 is 1.97 bits per heavy atom. The highest BCUT2D eigenvalue weighted by Gasteiger charge is 2.38. The molecule has 3 rings (SSSR count). The second-order valence-corrected chi connectivity index (χ2v) is 8.09. The maximum Gasteiger partial charge on any atom is 0.221 e. The van der Waals surface area contributed by atoms with Crippen molar-refractivity contribution in [1.82, 2.24) is 4.90 Å². The summed E-state index contributed by atoms with van der Waals surface area (Å²) in [4.78, 5) is 13.4. The second-order valence-electron chi connectivity index (χ2n) is 7.65. The summed E-state index contributed by atoms with van der Waals surface area (Å²) in [5, 5.41) is 24.0. The molecule has 162 valence electrons. The number of hydrogen-bond acceptors (Lipinski definition) is 6. The zero-order valence-electron chi connectivity index (χ0n) is 17.0. The van der Waals surface area contributed by atoms with E-state index in [0.29, 0.717) is 35.2 Å². The maximum atomic E-state index is 11.4. The van der Waals surface area contributed by atoms with Crippen molar-refractivity contribution in [2.45, 2.75) is 38.2 Å². The summed E-state index contributed by atoms with van der Waals surface area (Å²) in [5.41, 5.74) is 0.481. The molecule has 3 N–H and O–H groups in total. The predicted octanol–water partition coefficient (Wildman–Crippen LogP) is 2.90. The average Bonchev–Trinajstić information content (AvgIpc) is 3.05.